The van der Waals surface area contributed by atoms with E-state index in [0.717, 1.165) is 12.1 Å². The molecule has 0 fully saturated rings. The second-order valence-corrected chi connectivity index (χ2v) is 4.79. The number of rotatable bonds is 3. The third-order valence-corrected chi connectivity index (χ3v) is 3.23. The van der Waals surface area contributed by atoms with Gasteiger partial charge in [0, 0.05) is 11.8 Å². The Kier molecular flexibility index (Phi) is 4.40. The number of halogens is 3. The summed E-state index contributed by atoms with van der Waals surface area (Å²) in [5, 5.41) is 13.0. The highest BCUT2D eigenvalue weighted by Gasteiger charge is 2.18. The summed E-state index contributed by atoms with van der Waals surface area (Å²) in [6, 6.07) is 7.52. The fourth-order valence-electron chi connectivity index (χ4n) is 1.64. The summed E-state index contributed by atoms with van der Waals surface area (Å²) >= 11 is 11.4. The van der Waals surface area contributed by atoms with Crippen LogP contribution < -0.4 is 5.32 Å². The molecule has 0 aliphatic rings. The molecule has 5 nitrogen and oxygen atoms in total. The van der Waals surface area contributed by atoms with Crippen LogP contribution >= 0.6 is 23.2 Å². The summed E-state index contributed by atoms with van der Waals surface area (Å²) in [5.74, 6) is -1.60. The lowest BCUT2D eigenvalue weighted by Gasteiger charge is -2.08. The van der Waals surface area contributed by atoms with Crippen LogP contribution in [0.15, 0.2) is 36.4 Å². The highest BCUT2D eigenvalue weighted by atomic mass is 35.5. The number of benzene rings is 2. The second-order valence-electron chi connectivity index (χ2n) is 3.97. The molecule has 108 valence electrons. The number of hydrogen-bond acceptors (Lipinski definition) is 3. The maximum Gasteiger partial charge on any atom is 0.289 e. The molecule has 0 radical (unpaired) electrons. The third-order valence-electron chi connectivity index (χ3n) is 2.59. The van der Waals surface area contributed by atoms with Crippen LogP contribution in [-0.2, 0) is 0 Å². The zero-order valence-electron chi connectivity index (χ0n) is 10.3. The number of anilines is 1. The number of nitro benzene ring substituents is 1. The van der Waals surface area contributed by atoms with Gasteiger partial charge in [0.05, 0.1) is 15.5 Å². The molecule has 0 saturated heterocycles. The van der Waals surface area contributed by atoms with E-state index in [9.17, 15) is 19.3 Å². The van der Waals surface area contributed by atoms with E-state index in [1.54, 1.807) is 0 Å². The number of nitrogens with one attached hydrogen (secondary N) is 1. The maximum atomic E-state index is 13.6. The van der Waals surface area contributed by atoms with Gasteiger partial charge >= 0.3 is 0 Å². The molecule has 0 heterocycles. The summed E-state index contributed by atoms with van der Waals surface area (Å²) in [6.07, 6.45) is 0. The number of amides is 1. The quantitative estimate of drug-likeness (QED) is 0.674. The van der Waals surface area contributed by atoms with Gasteiger partial charge in [0.25, 0.3) is 11.6 Å². The van der Waals surface area contributed by atoms with Gasteiger partial charge in [-0.15, -0.1) is 0 Å². The minimum Gasteiger partial charge on any atom is -0.322 e. The molecule has 0 aliphatic carbocycles. The molecular weight excluding hydrogens is 322 g/mol. The van der Waals surface area contributed by atoms with Crippen molar-refractivity contribution in [2.45, 2.75) is 0 Å². The van der Waals surface area contributed by atoms with E-state index >= 15 is 0 Å². The topological polar surface area (TPSA) is 72.2 Å². The van der Waals surface area contributed by atoms with Gasteiger partial charge in [-0.05, 0) is 24.3 Å². The van der Waals surface area contributed by atoms with Crippen LogP contribution in [0.2, 0.25) is 10.0 Å². The first kappa shape index (κ1) is 15.2. The highest BCUT2D eigenvalue weighted by Crippen LogP contribution is 2.28. The van der Waals surface area contributed by atoms with Crippen LogP contribution in [0.25, 0.3) is 0 Å². The average molecular weight is 329 g/mol. The summed E-state index contributed by atoms with van der Waals surface area (Å²) in [4.78, 5) is 22.1. The largest absolute Gasteiger partial charge is 0.322 e. The standard InChI is InChI=1S/C13H7Cl2FN2O3/c14-8-5-4-7(6-11(8)18(20)21)17-13(19)12-9(15)2-1-3-10(12)16/h1-6H,(H,17,19). The second kappa shape index (κ2) is 6.07. The monoisotopic (exact) mass is 328 g/mol. The molecule has 1 amide bonds. The third kappa shape index (κ3) is 3.29. The van der Waals surface area contributed by atoms with Gasteiger partial charge < -0.3 is 5.32 Å². The van der Waals surface area contributed by atoms with Crippen LogP contribution in [0.3, 0.4) is 0 Å². The molecule has 0 unspecified atom stereocenters. The number of hydrogen-bond donors (Lipinski definition) is 1. The predicted octanol–water partition coefficient (Wildman–Crippen LogP) is 4.29. The van der Waals surface area contributed by atoms with E-state index in [0.29, 0.717) is 0 Å². The van der Waals surface area contributed by atoms with Gasteiger partial charge in [-0.2, -0.15) is 0 Å². The minimum absolute atomic E-state index is 0.0593. The van der Waals surface area contributed by atoms with Crippen molar-refractivity contribution in [1.82, 2.24) is 0 Å². The summed E-state index contributed by atoms with van der Waals surface area (Å²) in [5.41, 5.74) is -0.596. The van der Waals surface area contributed by atoms with Gasteiger partial charge in [-0.3, -0.25) is 14.9 Å². The normalized spacial score (nSPS) is 10.2. The fraction of sp³-hybridized carbons (Fsp3) is 0. The van der Waals surface area contributed by atoms with Gasteiger partial charge in [0.2, 0.25) is 0 Å². The van der Waals surface area contributed by atoms with E-state index in [1.165, 1.54) is 24.3 Å². The van der Waals surface area contributed by atoms with E-state index in [2.05, 4.69) is 5.32 Å². The number of carbonyl (C=O) groups is 1. The van der Waals surface area contributed by atoms with Gasteiger partial charge in [0.15, 0.2) is 0 Å². The Bertz CT molecular complexity index is 717. The predicted molar refractivity (Wildman–Crippen MR) is 77.5 cm³/mol. The van der Waals surface area contributed by atoms with Gasteiger partial charge in [-0.1, -0.05) is 29.3 Å². The lowest BCUT2D eigenvalue weighted by molar-refractivity contribution is -0.384. The van der Waals surface area contributed by atoms with Crippen molar-refractivity contribution in [1.29, 1.82) is 0 Å². The van der Waals surface area contributed by atoms with E-state index in [-0.39, 0.29) is 27.0 Å². The van der Waals surface area contributed by atoms with Crippen LogP contribution in [0.4, 0.5) is 15.8 Å². The van der Waals surface area contributed by atoms with Gasteiger partial charge in [-0.25, -0.2) is 4.39 Å². The smallest absolute Gasteiger partial charge is 0.289 e. The number of nitrogens with zero attached hydrogens (tertiary/aromatic N) is 1. The lowest BCUT2D eigenvalue weighted by Crippen LogP contribution is -2.14. The molecule has 2 rings (SSSR count). The van der Waals surface area contributed by atoms with E-state index in [1.807, 2.05) is 0 Å². The van der Waals surface area contributed by atoms with Crippen molar-refractivity contribution in [2.24, 2.45) is 0 Å². The molecule has 0 saturated carbocycles. The lowest BCUT2D eigenvalue weighted by atomic mass is 10.2. The molecule has 0 aliphatic heterocycles. The first-order valence-corrected chi connectivity index (χ1v) is 6.35. The van der Waals surface area contributed by atoms with E-state index in [4.69, 9.17) is 23.2 Å². The molecule has 21 heavy (non-hydrogen) atoms. The first-order chi connectivity index (χ1) is 9.90. The molecule has 1 N–H and O–H groups in total. The summed E-state index contributed by atoms with van der Waals surface area (Å²) in [7, 11) is 0. The zero-order chi connectivity index (χ0) is 15.6. The van der Waals surface area contributed by atoms with E-state index < -0.39 is 16.6 Å². The minimum atomic E-state index is -0.810. The Balaban J connectivity index is 2.32. The fourth-order valence-corrected chi connectivity index (χ4v) is 2.07. The van der Waals surface area contributed by atoms with Crippen molar-refractivity contribution in [3.63, 3.8) is 0 Å². The van der Waals surface area contributed by atoms with Crippen LogP contribution in [0, 0.1) is 15.9 Å². The summed E-state index contributed by atoms with van der Waals surface area (Å²) in [6.45, 7) is 0. The Morgan fingerprint density at radius 1 is 1.19 bits per heavy atom. The Labute approximate surface area is 128 Å². The summed E-state index contributed by atoms with van der Waals surface area (Å²) < 4.78 is 13.6. The molecule has 2 aromatic rings. The van der Waals surface area contributed by atoms with Crippen molar-refractivity contribution >= 4 is 40.5 Å². The SMILES string of the molecule is O=C(Nc1ccc(Cl)c([N+](=O)[O-])c1)c1c(F)cccc1Cl. The zero-order valence-corrected chi connectivity index (χ0v) is 11.8. The molecule has 8 heteroatoms. The molecule has 0 aromatic heterocycles. The molecule has 0 spiro atoms. The number of carbonyl (C=O) groups excluding carboxylic acids is 1. The highest BCUT2D eigenvalue weighted by molar-refractivity contribution is 6.34. The van der Waals surface area contributed by atoms with Crippen molar-refractivity contribution in [2.75, 3.05) is 5.32 Å². The van der Waals surface area contributed by atoms with Gasteiger partial charge in [0.1, 0.15) is 10.8 Å². The molecule has 0 atom stereocenters. The Morgan fingerprint density at radius 2 is 1.90 bits per heavy atom. The van der Waals surface area contributed by atoms with Crippen molar-refractivity contribution in [3.8, 4) is 0 Å². The van der Waals surface area contributed by atoms with Crippen LogP contribution in [0.5, 0.6) is 0 Å². The van der Waals surface area contributed by atoms with Crippen molar-refractivity contribution in [3.05, 3.63) is 67.9 Å². The Hall–Kier alpha value is -2.18. The van der Waals surface area contributed by atoms with Crippen molar-refractivity contribution < 1.29 is 14.1 Å². The molecular formula is C13H7Cl2FN2O3. The van der Waals surface area contributed by atoms with Crippen LogP contribution in [-0.4, -0.2) is 10.8 Å². The molecule has 0 bridgehead atoms. The molecule has 2 aromatic carbocycles. The number of nitro groups is 1. The maximum absolute atomic E-state index is 13.6. The average Bonchev–Trinajstić information content (AvgIpc) is 2.40. The Morgan fingerprint density at radius 3 is 2.52 bits per heavy atom. The first-order valence-electron chi connectivity index (χ1n) is 5.59. The van der Waals surface area contributed by atoms with Crippen LogP contribution in [0.1, 0.15) is 10.4 Å².